The van der Waals surface area contributed by atoms with Crippen LogP contribution in [0.15, 0.2) is 54.6 Å². The fourth-order valence-corrected chi connectivity index (χ4v) is 6.56. The van der Waals surface area contributed by atoms with Crippen LogP contribution in [0.5, 0.6) is 11.5 Å². The van der Waals surface area contributed by atoms with Gasteiger partial charge in [-0.2, -0.15) is 0 Å². The van der Waals surface area contributed by atoms with Gasteiger partial charge in [0.1, 0.15) is 0 Å². The summed E-state index contributed by atoms with van der Waals surface area (Å²) in [4.78, 5) is 34.6. The zero-order chi connectivity index (χ0) is 27.3. The van der Waals surface area contributed by atoms with Crippen molar-refractivity contribution in [2.45, 2.75) is 32.2 Å². The molecule has 0 saturated carbocycles. The average molecular weight is 526 g/mol. The Morgan fingerprint density at radius 1 is 0.846 bits per heavy atom. The summed E-state index contributed by atoms with van der Waals surface area (Å²) in [5, 5.41) is 0. The van der Waals surface area contributed by atoms with Crippen molar-refractivity contribution in [2.75, 3.05) is 51.8 Å². The number of rotatable bonds is 4. The van der Waals surface area contributed by atoms with E-state index in [1.54, 1.807) is 20.3 Å². The van der Waals surface area contributed by atoms with Crippen LogP contribution < -0.4 is 14.4 Å². The first kappa shape index (κ1) is 25.3. The summed E-state index contributed by atoms with van der Waals surface area (Å²) in [7, 11) is 3.15. The molecule has 1 saturated heterocycles. The minimum absolute atomic E-state index is 0.0586. The summed E-state index contributed by atoms with van der Waals surface area (Å²) in [5.74, 6) is 0.497. The Labute approximate surface area is 229 Å². The van der Waals surface area contributed by atoms with E-state index in [0.717, 1.165) is 30.6 Å². The molecule has 7 nitrogen and oxygen atoms in total. The SMILES string of the molecule is COc1cc2c(cc1OC)[C@H](C(=O)N1CCN(c3cccc(C)c3C)CC1)[C@H]1c3ccccc3CCN1C2=O. The number of amides is 2. The molecule has 0 radical (unpaired) electrons. The van der Waals surface area contributed by atoms with E-state index in [4.69, 9.17) is 9.47 Å². The van der Waals surface area contributed by atoms with E-state index < -0.39 is 5.92 Å². The Hall–Kier alpha value is -4.00. The van der Waals surface area contributed by atoms with E-state index in [2.05, 4.69) is 49.1 Å². The summed E-state index contributed by atoms with van der Waals surface area (Å²) in [6, 6.07) is 17.9. The summed E-state index contributed by atoms with van der Waals surface area (Å²) in [6.45, 7) is 7.68. The van der Waals surface area contributed by atoms with Crippen molar-refractivity contribution < 1.29 is 19.1 Å². The molecule has 0 spiro atoms. The number of benzene rings is 3. The maximum atomic E-state index is 14.5. The Bertz CT molecular complexity index is 1440. The summed E-state index contributed by atoms with van der Waals surface area (Å²) in [6.07, 6.45) is 0.774. The van der Waals surface area contributed by atoms with Crippen molar-refractivity contribution in [3.63, 3.8) is 0 Å². The van der Waals surface area contributed by atoms with Crippen LogP contribution in [0.1, 0.15) is 50.1 Å². The molecule has 6 rings (SSSR count). The number of carbonyl (C=O) groups excluding carboxylic acids is 2. The van der Waals surface area contributed by atoms with Gasteiger partial charge in [-0.15, -0.1) is 0 Å². The Morgan fingerprint density at radius 2 is 1.56 bits per heavy atom. The third-order valence-corrected chi connectivity index (χ3v) is 8.80. The first-order chi connectivity index (χ1) is 18.9. The Balaban J connectivity index is 1.38. The lowest BCUT2D eigenvalue weighted by Crippen LogP contribution is -2.54. The second kappa shape index (κ2) is 9.95. The number of methoxy groups -OCH3 is 2. The number of hydrogen-bond acceptors (Lipinski definition) is 5. The van der Waals surface area contributed by atoms with Gasteiger partial charge >= 0.3 is 0 Å². The number of fused-ring (bicyclic) bond motifs is 4. The monoisotopic (exact) mass is 525 g/mol. The predicted molar refractivity (Wildman–Crippen MR) is 151 cm³/mol. The van der Waals surface area contributed by atoms with Gasteiger partial charge in [0, 0.05) is 44.0 Å². The highest BCUT2D eigenvalue weighted by atomic mass is 16.5. The molecule has 1 fully saturated rings. The van der Waals surface area contributed by atoms with Crippen LogP contribution in [0.2, 0.25) is 0 Å². The van der Waals surface area contributed by atoms with Crippen LogP contribution in [0.3, 0.4) is 0 Å². The van der Waals surface area contributed by atoms with Crippen LogP contribution in [0.4, 0.5) is 5.69 Å². The molecule has 3 heterocycles. The average Bonchev–Trinajstić information content (AvgIpc) is 2.98. The summed E-state index contributed by atoms with van der Waals surface area (Å²) < 4.78 is 11.1. The fraction of sp³-hybridized carbons (Fsp3) is 0.375. The van der Waals surface area contributed by atoms with Gasteiger partial charge in [-0.3, -0.25) is 9.59 Å². The van der Waals surface area contributed by atoms with E-state index in [-0.39, 0.29) is 17.9 Å². The van der Waals surface area contributed by atoms with Gasteiger partial charge in [0.25, 0.3) is 5.91 Å². The second-order valence-corrected chi connectivity index (χ2v) is 10.7. The Kier molecular flexibility index (Phi) is 6.45. The lowest BCUT2D eigenvalue weighted by molar-refractivity contribution is -0.135. The minimum atomic E-state index is -0.522. The molecule has 3 aliphatic heterocycles. The minimum Gasteiger partial charge on any atom is -0.493 e. The van der Waals surface area contributed by atoms with Gasteiger partial charge < -0.3 is 24.2 Å². The van der Waals surface area contributed by atoms with E-state index in [1.165, 1.54) is 22.4 Å². The van der Waals surface area contributed by atoms with Crippen molar-refractivity contribution in [1.29, 1.82) is 0 Å². The Morgan fingerprint density at radius 3 is 2.31 bits per heavy atom. The summed E-state index contributed by atoms with van der Waals surface area (Å²) >= 11 is 0. The molecule has 3 aromatic carbocycles. The molecule has 202 valence electrons. The molecule has 3 aromatic rings. The molecular formula is C32H35N3O4. The first-order valence-corrected chi connectivity index (χ1v) is 13.7. The van der Waals surface area contributed by atoms with Crippen LogP contribution in [-0.2, 0) is 11.2 Å². The zero-order valence-corrected chi connectivity index (χ0v) is 23.1. The topological polar surface area (TPSA) is 62.3 Å². The number of ether oxygens (including phenoxy) is 2. The van der Waals surface area contributed by atoms with Crippen LogP contribution in [-0.4, -0.2) is 68.6 Å². The van der Waals surface area contributed by atoms with E-state index >= 15 is 0 Å². The lowest BCUT2D eigenvalue weighted by Gasteiger charge is -2.47. The number of aryl methyl sites for hydroxylation is 1. The summed E-state index contributed by atoms with van der Waals surface area (Å²) in [5.41, 5.74) is 7.30. The van der Waals surface area contributed by atoms with Gasteiger partial charge in [-0.05, 0) is 66.3 Å². The van der Waals surface area contributed by atoms with E-state index in [0.29, 0.717) is 36.7 Å². The molecule has 0 N–H and O–H groups in total. The maximum absolute atomic E-state index is 14.5. The standard InChI is InChI=1S/C32H35N3O4/c1-20-8-7-11-26(21(20)2)33-14-16-34(17-15-33)32(37)29-24-18-27(38-3)28(39-4)19-25(24)31(36)35-13-12-22-9-5-6-10-23(22)30(29)35/h5-11,18-19,29-30H,12-17H2,1-4H3/t29-,30+/m0/s1. The zero-order valence-electron chi connectivity index (χ0n) is 23.1. The molecule has 2 atom stereocenters. The van der Waals surface area contributed by atoms with Gasteiger partial charge in [-0.1, -0.05) is 36.4 Å². The number of anilines is 1. The van der Waals surface area contributed by atoms with Gasteiger partial charge in [0.2, 0.25) is 5.91 Å². The quantitative estimate of drug-likeness (QED) is 0.502. The largest absolute Gasteiger partial charge is 0.493 e. The van der Waals surface area contributed by atoms with Crippen molar-refractivity contribution in [3.05, 3.63) is 88.0 Å². The van der Waals surface area contributed by atoms with Crippen LogP contribution in [0, 0.1) is 13.8 Å². The molecule has 0 aromatic heterocycles. The van der Waals surface area contributed by atoms with Crippen molar-refractivity contribution >= 4 is 17.5 Å². The van der Waals surface area contributed by atoms with Crippen molar-refractivity contribution in [3.8, 4) is 11.5 Å². The highest BCUT2D eigenvalue weighted by molar-refractivity contribution is 6.02. The van der Waals surface area contributed by atoms with Crippen LogP contribution in [0.25, 0.3) is 0 Å². The lowest BCUT2D eigenvalue weighted by atomic mass is 9.75. The molecule has 7 heteroatoms. The second-order valence-electron chi connectivity index (χ2n) is 10.7. The third-order valence-electron chi connectivity index (χ3n) is 8.80. The first-order valence-electron chi connectivity index (χ1n) is 13.7. The number of carbonyl (C=O) groups is 2. The molecule has 3 aliphatic rings. The third kappa shape index (κ3) is 4.11. The molecule has 0 aliphatic carbocycles. The number of hydrogen-bond donors (Lipinski definition) is 0. The molecule has 39 heavy (non-hydrogen) atoms. The molecule has 0 unspecified atom stereocenters. The highest BCUT2D eigenvalue weighted by Crippen LogP contribution is 2.49. The van der Waals surface area contributed by atoms with E-state index in [1.807, 2.05) is 28.0 Å². The molecular weight excluding hydrogens is 490 g/mol. The maximum Gasteiger partial charge on any atom is 0.254 e. The molecule has 2 amide bonds. The predicted octanol–water partition coefficient (Wildman–Crippen LogP) is 4.51. The number of piperazine rings is 1. The smallest absolute Gasteiger partial charge is 0.254 e. The van der Waals surface area contributed by atoms with Gasteiger partial charge in [-0.25, -0.2) is 0 Å². The van der Waals surface area contributed by atoms with Gasteiger partial charge in [0.05, 0.1) is 26.2 Å². The van der Waals surface area contributed by atoms with Crippen molar-refractivity contribution in [2.24, 2.45) is 0 Å². The fourth-order valence-electron chi connectivity index (χ4n) is 6.56. The molecule has 0 bridgehead atoms. The highest BCUT2D eigenvalue weighted by Gasteiger charge is 2.48. The van der Waals surface area contributed by atoms with Crippen molar-refractivity contribution in [1.82, 2.24) is 9.80 Å². The van der Waals surface area contributed by atoms with Gasteiger partial charge in [0.15, 0.2) is 11.5 Å². The normalized spacial score (nSPS) is 20.2. The van der Waals surface area contributed by atoms with E-state index in [9.17, 15) is 9.59 Å². The van der Waals surface area contributed by atoms with Crippen LogP contribution >= 0.6 is 0 Å². The number of nitrogens with zero attached hydrogens (tertiary/aromatic N) is 3.